The van der Waals surface area contributed by atoms with E-state index in [2.05, 4.69) is 20.8 Å². The molecular weight excluding hydrogens is 385 g/mol. The van der Waals surface area contributed by atoms with Crippen molar-refractivity contribution in [2.45, 2.75) is 13.8 Å². The van der Waals surface area contributed by atoms with E-state index in [1.807, 2.05) is 13.8 Å². The molecule has 0 aliphatic heterocycles. The van der Waals surface area contributed by atoms with E-state index in [1.165, 1.54) is 30.6 Å². The summed E-state index contributed by atoms with van der Waals surface area (Å²) in [5, 5.41) is 0.661. The van der Waals surface area contributed by atoms with Crippen LogP contribution in [0.3, 0.4) is 0 Å². The summed E-state index contributed by atoms with van der Waals surface area (Å²) in [7, 11) is 0. The van der Waals surface area contributed by atoms with Gasteiger partial charge < -0.3 is 10.5 Å². The molecule has 0 fully saturated rings. The number of benzene rings is 2. The average Bonchev–Trinajstić information content (AvgIpc) is 2.67. The molecule has 1 amide bonds. The summed E-state index contributed by atoms with van der Waals surface area (Å²) in [4.78, 5) is 20.1. The first kappa shape index (κ1) is 19.4. The molecule has 0 spiro atoms. The van der Waals surface area contributed by atoms with Gasteiger partial charge in [0.15, 0.2) is 5.82 Å². The van der Waals surface area contributed by atoms with Crippen LogP contribution in [0.25, 0.3) is 0 Å². The molecule has 9 heteroatoms. The molecule has 4 N–H and O–H groups in total. The van der Waals surface area contributed by atoms with Crippen molar-refractivity contribution in [1.82, 2.24) is 15.4 Å². The van der Waals surface area contributed by atoms with Gasteiger partial charge in [0.1, 0.15) is 23.6 Å². The summed E-state index contributed by atoms with van der Waals surface area (Å²) in [5.41, 5.74) is 13.2. The minimum atomic E-state index is -0.482. The number of aromatic nitrogens is 2. The maximum absolute atomic E-state index is 12.9. The fraction of sp³-hybridized carbons (Fsp3) is 0.105. The van der Waals surface area contributed by atoms with Gasteiger partial charge in [-0.25, -0.2) is 9.37 Å². The lowest BCUT2D eigenvalue weighted by Gasteiger charge is -2.13. The Labute approximate surface area is 165 Å². The highest BCUT2D eigenvalue weighted by atomic mass is 35.5. The first-order chi connectivity index (χ1) is 13.3. The number of halogens is 2. The number of rotatable bonds is 5. The third kappa shape index (κ3) is 4.29. The minimum absolute atomic E-state index is 0.104. The van der Waals surface area contributed by atoms with Gasteiger partial charge in [0.25, 0.3) is 5.91 Å². The predicted molar refractivity (Wildman–Crippen MR) is 105 cm³/mol. The van der Waals surface area contributed by atoms with Crippen molar-refractivity contribution in [2.24, 2.45) is 0 Å². The van der Waals surface area contributed by atoms with E-state index in [-0.39, 0.29) is 22.9 Å². The Morgan fingerprint density at radius 3 is 2.43 bits per heavy atom. The molecule has 0 atom stereocenters. The molecule has 0 aliphatic rings. The number of hydrazine groups is 1. The van der Waals surface area contributed by atoms with E-state index < -0.39 is 11.7 Å². The van der Waals surface area contributed by atoms with Crippen molar-refractivity contribution >= 4 is 29.0 Å². The van der Waals surface area contributed by atoms with Crippen molar-refractivity contribution in [3.63, 3.8) is 0 Å². The number of ether oxygens (including phenoxy) is 1. The van der Waals surface area contributed by atoms with Gasteiger partial charge in [-0.15, -0.1) is 0 Å². The Kier molecular flexibility index (Phi) is 5.60. The van der Waals surface area contributed by atoms with E-state index in [0.29, 0.717) is 10.8 Å². The van der Waals surface area contributed by atoms with Gasteiger partial charge in [-0.05, 0) is 61.4 Å². The highest BCUT2D eigenvalue weighted by Gasteiger charge is 2.13. The molecule has 0 bridgehead atoms. The molecule has 144 valence electrons. The van der Waals surface area contributed by atoms with E-state index in [9.17, 15) is 9.18 Å². The van der Waals surface area contributed by atoms with Crippen LogP contribution in [-0.2, 0) is 0 Å². The van der Waals surface area contributed by atoms with Crippen molar-refractivity contribution in [2.75, 3.05) is 11.2 Å². The quantitative estimate of drug-likeness (QED) is 0.558. The van der Waals surface area contributed by atoms with Crippen LogP contribution in [-0.4, -0.2) is 15.9 Å². The van der Waals surface area contributed by atoms with Crippen molar-refractivity contribution < 1.29 is 13.9 Å². The van der Waals surface area contributed by atoms with E-state index in [4.69, 9.17) is 22.1 Å². The normalized spacial score (nSPS) is 10.4. The Morgan fingerprint density at radius 1 is 1.14 bits per heavy atom. The zero-order chi connectivity index (χ0) is 20.3. The molecule has 0 aliphatic carbocycles. The van der Waals surface area contributed by atoms with Gasteiger partial charge in [0, 0.05) is 10.6 Å². The van der Waals surface area contributed by atoms with Crippen LogP contribution >= 0.6 is 11.6 Å². The van der Waals surface area contributed by atoms with Gasteiger partial charge in [-0.1, -0.05) is 11.6 Å². The van der Waals surface area contributed by atoms with Crippen molar-refractivity contribution in [1.29, 1.82) is 0 Å². The summed E-state index contributed by atoms with van der Waals surface area (Å²) in [6, 6.07) is 8.62. The number of nitrogens with zero attached hydrogens (tertiary/aromatic N) is 2. The summed E-state index contributed by atoms with van der Waals surface area (Å²) < 4.78 is 18.7. The second-order valence-electron chi connectivity index (χ2n) is 6.00. The first-order valence-electron chi connectivity index (χ1n) is 8.22. The molecule has 1 aromatic heterocycles. The van der Waals surface area contributed by atoms with Crippen LogP contribution in [0.15, 0.2) is 42.7 Å². The second kappa shape index (κ2) is 8.10. The molecule has 28 heavy (non-hydrogen) atoms. The lowest BCUT2D eigenvalue weighted by molar-refractivity contribution is 0.0962. The van der Waals surface area contributed by atoms with E-state index in [0.717, 1.165) is 11.1 Å². The Balaban J connectivity index is 1.74. The lowest BCUT2D eigenvalue weighted by Crippen LogP contribution is -2.30. The fourth-order valence-electron chi connectivity index (χ4n) is 2.43. The van der Waals surface area contributed by atoms with Crippen LogP contribution in [0.4, 0.5) is 15.9 Å². The molecule has 0 radical (unpaired) electrons. The number of carbonyl (C=O) groups is 1. The molecule has 1 heterocycles. The largest absolute Gasteiger partial charge is 0.437 e. The molecule has 3 aromatic rings. The number of anilines is 2. The Hall–Kier alpha value is -3.39. The van der Waals surface area contributed by atoms with Crippen molar-refractivity contribution in [3.05, 3.63) is 70.3 Å². The number of hydrogen-bond donors (Lipinski definition) is 3. The number of hydrogen-bond acceptors (Lipinski definition) is 6. The number of nitrogens with one attached hydrogen (secondary N) is 2. The summed E-state index contributed by atoms with van der Waals surface area (Å²) in [6.45, 7) is 3.73. The van der Waals surface area contributed by atoms with Crippen LogP contribution in [0.5, 0.6) is 11.6 Å². The molecular formula is C19H17ClFN5O2. The SMILES string of the molecule is Cc1cc(Oc2ncnc(NNC(=O)c3ccc(F)cc3)c2N)cc(C)c1Cl. The van der Waals surface area contributed by atoms with Crippen LogP contribution < -0.4 is 21.3 Å². The molecule has 0 saturated heterocycles. The van der Waals surface area contributed by atoms with Crippen LogP contribution in [0.1, 0.15) is 21.5 Å². The average molecular weight is 402 g/mol. The van der Waals surface area contributed by atoms with Crippen molar-refractivity contribution in [3.8, 4) is 11.6 Å². The second-order valence-corrected chi connectivity index (χ2v) is 6.38. The van der Waals surface area contributed by atoms with Gasteiger partial charge in [0.05, 0.1) is 0 Å². The Morgan fingerprint density at radius 2 is 1.79 bits per heavy atom. The number of nitrogens with two attached hydrogens (primary N) is 1. The van der Waals surface area contributed by atoms with Gasteiger partial charge >= 0.3 is 0 Å². The molecule has 0 unspecified atom stereocenters. The zero-order valence-corrected chi connectivity index (χ0v) is 15.8. The van der Waals surface area contributed by atoms with E-state index in [1.54, 1.807) is 12.1 Å². The molecule has 2 aromatic carbocycles. The number of nitrogen functional groups attached to an aromatic ring is 1. The third-order valence-electron chi connectivity index (χ3n) is 3.87. The monoisotopic (exact) mass is 401 g/mol. The predicted octanol–water partition coefficient (Wildman–Crippen LogP) is 4.02. The maximum atomic E-state index is 12.9. The Bertz CT molecular complexity index is 1000. The maximum Gasteiger partial charge on any atom is 0.269 e. The first-order valence-corrected chi connectivity index (χ1v) is 8.60. The minimum Gasteiger partial charge on any atom is -0.437 e. The van der Waals surface area contributed by atoms with Gasteiger partial charge in [-0.3, -0.25) is 15.6 Å². The van der Waals surface area contributed by atoms with Crippen LogP contribution in [0, 0.1) is 19.7 Å². The topological polar surface area (TPSA) is 102 Å². The van der Waals surface area contributed by atoms with Crippen LogP contribution in [0.2, 0.25) is 5.02 Å². The highest BCUT2D eigenvalue weighted by molar-refractivity contribution is 6.32. The number of amides is 1. The highest BCUT2D eigenvalue weighted by Crippen LogP contribution is 2.32. The molecule has 3 rings (SSSR count). The summed E-state index contributed by atoms with van der Waals surface area (Å²) in [6.07, 6.45) is 1.24. The zero-order valence-electron chi connectivity index (χ0n) is 15.1. The number of carbonyl (C=O) groups excluding carboxylic acids is 1. The molecule has 0 saturated carbocycles. The summed E-state index contributed by atoms with van der Waals surface area (Å²) >= 11 is 6.16. The standard InChI is InChI=1S/C19H17ClFN5O2/c1-10-7-14(8-11(2)15(10)20)28-19-16(22)17(23-9-24-19)25-26-18(27)12-3-5-13(21)6-4-12/h3-9H,22H2,1-2H3,(H,26,27)(H,23,24,25). The van der Waals surface area contributed by atoms with Gasteiger partial charge in [-0.2, -0.15) is 4.98 Å². The van der Waals surface area contributed by atoms with Gasteiger partial charge in [0.2, 0.25) is 5.88 Å². The number of aryl methyl sites for hydroxylation is 2. The van der Waals surface area contributed by atoms with E-state index >= 15 is 0 Å². The smallest absolute Gasteiger partial charge is 0.269 e. The lowest BCUT2D eigenvalue weighted by atomic mass is 10.1. The third-order valence-corrected chi connectivity index (χ3v) is 4.47. The fourth-order valence-corrected chi connectivity index (χ4v) is 2.54. The molecule has 7 nitrogen and oxygen atoms in total. The summed E-state index contributed by atoms with van der Waals surface area (Å²) in [5.74, 6) is -0.118.